The molecule has 0 aliphatic carbocycles. The van der Waals surface area contributed by atoms with Crippen molar-refractivity contribution in [3.8, 4) is 0 Å². The molecular weight excluding hydrogens is 359 g/mol. The Morgan fingerprint density at radius 1 is 1.43 bits per heavy atom. The second-order valence-corrected chi connectivity index (χ2v) is 6.56. The van der Waals surface area contributed by atoms with Crippen LogP contribution in [0.3, 0.4) is 0 Å². The fourth-order valence-electron chi connectivity index (χ4n) is 1.84. The summed E-state index contributed by atoms with van der Waals surface area (Å²) in [5.41, 5.74) is 0.189. The molecule has 2 N–H and O–H groups in total. The summed E-state index contributed by atoms with van der Waals surface area (Å²) in [6, 6.07) is 4.84. The van der Waals surface area contributed by atoms with Crippen LogP contribution in [0.4, 0.5) is 5.69 Å². The van der Waals surface area contributed by atoms with E-state index in [1.165, 1.54) is 16.3 Å². The van der Waals surface area contributed by atoms with Gasteiger partial charge in [-0.3, -0.25) is 9.36 Å². The first-order valence-electron chi connectivity index (χ1n) is 7.04. The zero-order valence-electron chi connectivity index (χ0n) is 12.4. The highest BCUT2D eigenvalue weighted by molar-refractivity contribution is 7.99. The maximum absolute atomic E-state index is 12.0. The lowest BCUT2D eigenvalue weighted by atomic mass is 10.3. The molecule has 2 aromatic rings. The molecule has 1 amide bonds. The molecule has 0 bridgehead atoms. The first-order chi connectivity index (χ1) is 11.0. The molecule has 6 nitrogen and oxygen atoms in total. The maximum Gasteiger partial charge on any atom is 0.343 e. The molecule has 0 spiro atoms. The second-order valence-electron chi connectivity index (χ2n) is 4.78. The monoisotopic (exact) mass is 374 g/mol. The van der Waals surface area contributed by atoms with Gasteiger partial charge in [-0.2, -0.15) is 0 Å². The first kappa shape index (κ1) is 17.9. The number of hydrogen-bond acceptors (Lipinski definition) is 4. The van der Waals surface area contributed by atoms with Crippen LogP contribution in [-0.4, -0.2) is 26.4 Å². The maximum atomic E-state index is 12.0. The van der Waals surface area contributed by atoms with Gasteiger partial charge in [0.05, 0.1) is 16.5 Å². The van der Waals surface area contributed by atoms with Gasteiger partial charge in [0, 0.05) is 11.6 Å². The molecule has 0 aliphatic heterocycles. The lowest BCUT2D eigenvalue weighted by molar-refractivity contribution is -0.113. The fourth-order valence-corrected chi connectivity index (χ4v) is 2.95. The van der Waals surface area contributed by atoms with E-state index in [-0.39, 0.29) is 17.3 Å². The largest absolute Gasteiger partial charge is 0.343 e. The van der Waals surface area contributed by atoms with E-state index >= 15 is 0 Å². The number of rotatable bonds is 7. The Morgan fingerprint density at radius 3 is 2.96 bits per heavy atom. The number of halogens is 2. The van der Waals surface area contributed by atoms with Gasteiger partial charge in [0.25, 0.3) is 0 Å². The highest BCUT2D eigenvalue weighted by atomic mass is 35.5. The Bertz CT molecular complexity index is 745. The second kappa shape index (κ2) is 8.42. The molecule has 0 atom stereocenters. The number of aromatic nitrogens is 3. The highest BCUT2D eigenvalue weighted by Gasteiger charge is 2.12. The third-order valence-corrected chi connectivity index (χ3v) is 4.53. The number of hydrogen-bond donors (Lipinski definition) is 2. The zero-order chi connectivity index (χ0) is 16.8. The number of amides is 1. The molecule has 124 valence electrons. The molecular formula is C14H16Cl2N4O2S. The van der Waals surface area contributed by atoms with Crippen LogP contribution < -0.4 is 11.0 Å². The van der Waals surface area contributed by atoms with E-state index in [1.54, 1.807) is 18.2 Å². The predicted molar refractivity (Wildman–Crippen MR) is 93.6 cm³/mol. The third-order valence-electron chi connectivity index (χ3n) is 2.99. The van der Waals surface area contributed by atoms with Crippen LogP contribution in [0.2, 0.25) is 10.0 Å². The number of aromatic amines is 1. The SMILES string of the molecule is CCCCn1c(SCC(=O)Nc2cc(Cl)ccc2Cl)n[nH]c1=O. The minimum absolute atomic E-state index is 0.110. The van der Waals surface area contributed by atoms with Gasteiger partial charge in [-0.25, -0.2) is 9.89 Å². The molecule has 2 rings (SSSR count). The summed E-state index contributed by atoms with van der Waals surface area (Å²) >= 11 is 13.1. The van der Waals surface area contributed by atoms with Crippen LogP contribution in [0.1, 0.15) is 19.8 Å². The fraction of sp³-hybridized carbons (Fsp3) is 0.357. The molecule has 1 aromatic carbocycles. The molecule has 0 unspecified atom stereocenters. The van der Waals surface area contributed by atoms with Gasteiger partial charge in [0.15, 0.2) is 5.16 Å². The van der Waals surface area contributed by atoms with Gasteiger partial charge in [0.1, 0.15) is 0 Å². The van der Waals surface area contributed by atoms with Crippen molar-refractivity contribution >= 4 is 46.6 Å². The number of carbonyl (C=O) groups is 1. The quantitative estimate of drug-likeness (QED) is 0.727. The van der Waals surface area contributed by atoms with E-state index in [0.717, 1.165) is 12.8 Å². The Balaban J connectivity index is 1.97. The lowest BCUT2D eigenvalue weighted by Gasteiger charge is -2.08. The summed E-state index contributed by atoms with van der Waals surface area (Å²) in [6.07, 6.45) is 1.84. The van der Waals surface area contributed by atoms with Gasteiger partial charge in [0.2, 0.25) is 5.91 Å². The molecule has 0 aliphatic rings. The van der Waals surface area contributed by atoms with Crippen LogP contribution >= 0.6 is 35.0 Å². The molecule has 0 saturated carbocycles. The average molecular weight is 375 g/mol. The van der Waals surface area contributed by atoms with Crippen molar-refractivity contribution in [1.29, 1.82) is 0 Å². The van der Waals surface area contributed by atoms with Crippen molar-refractivity contribution in [2.45, 2.75) is 31.5 Å². The standard InChI is InChI=1S/C14H16Cl2N4O2S/c1-2-3-6-20-13(22)18-19-14(20)23-8-12(21)17-11-7-9(15)4-5-10(11)16/h4-5,7H,2-3,6,8H2,1H3,(H,17,21)(H,18,22). The van der Waals surface area contributed by atoms with E-state index in [2.05, 4.69) is 15.5 Å². The smallest absolute Gasteiger partial charge is 0.324 e. The topological polar surface area (TPSA) is 79.8 Å². The summed E-state index contributed by atoms with van der Waals surface area (Å²) in [7, 11) is 0. The number of nitrogens with zero attached hydrogens (tertiary/aromatic N) is 2. The molecule has 0 saturated heterocycles. The van der Waals surface area contributed by atoms with Crippen molar-refractivity contribution in [2.24, 2.45) is 0 Å². The summed E-state index contributed by atoms with van der Waals surface area (Å²) in [4.78, 5) is 23.7. The minimum Gasteiger partial charge on any atom is -0.324 e. The lowest BCUT2D eigenvalue weighted by Crippen LogP contribution is -2.19. The molecule has 23 heavy (non-hydrogen) atoms. The van der Waals surface area contributed by atoms with Crippen LogP contribution in [0.25, 0.3) is 0 Å². The van der Waals surface area contributed by atoms with Crippen molar-refractivity contribution in [1.82, 2.24) is 14.8 Å². The van der Waals surface area contributed by atoms with Gasteiger partial charge >= 0.3 is 5.69 Å². The van der Waals surface area contributed by atoms with Crippen LogP contribution in [0.5, 0.6) is 0 Å². The Labute approximate surface area is 147 Å². The zero-order valence-corrected chi connectivity index (χ0v) is 14.8. The van der Waals surface area contributed by atoms with Gasteiger partial charge in [-0.1, -0.05) is 48.3 Å². The number of unbranched alkanes of at least 4 members (excludes halogenated alkanes) is 1. The molecule has 1 heterocycles. The molecule has 1 aromatic heterocycles. The predicted octanol–water partition coefficient (Wildman–Crippen LogP) is 3.41. The number of nitrogens with one attached hydrogen (secondary N) is 2. The van der Waals surface area contributed by atoms with Crippen LogP contribution in [-0.2, 0) is 11.3 Å². The minimum atomic E-state index is -0.265. The number of H-pyrrole nitrogens is 1. The Hall–Kier alpha value is -1.44. The van der Waals surface area contributed by atoms with E-state index in [9.17, 15) is 9.59 Å². The average Bonchev–Trinajstić information content (AvgIpc) is 2.87. The Morgan fingerprint density at radius 2 is 2.22 bits per heavy atom. The van der Waals surface area contributed by atoms with E-state index in [0.29, 0.717) is 27.4 Å². The number of anilines is 1. The summed E-state index contributed by atoms with van der Waals surface area (Å²) in [5, 5.41) is 10.4. The number of thioether (sulfide) groups is 1. The van der Waals surface area contributed by atoms with E-state index in [1.807, 2.05) is 6.92 Å². The summed E-state index contributed by atoms with van der Waals surface area (Å²) < 4.78 is 1.54. The number of carbonyl (C=O) groups excluding carboxylic acids is 1. The highest BCUT2D eigenvalue weighted by Crippen LogP contribution is 2.25. The van der Waals surface area contributed by atoms with E-state index < -0.39 is 0 Å². The third kappa shape index (κ3) is 5.02. The van der Waals surface area contributed by atoms with Crippen molar-refractivity contribution in [3.05, 3.63) is 38.7 Å². The molecule has 9 heteroatoms. The van der Waals surface area contributed by atoms with E-state index in [4.69, 9.17) is 23.2 Å². The molecule has 0 fully saturated rings. The van der Waals surface area contributed by atoms with Crippen molar-refractivity contribution in [2.75, 3.05) is 11.1 Å². The summed E-state index contributed by atoms with van der Waals surface area (Å²) in [5.74, 6) is -0.143. The van der Waals surface area contributed by atoms with Crippen molar-refractivity contribution in [3.63, 3.8) is 0 Å². The van der Waals surface area contributed by atoms with Gasteiger partial charge in [-0.15, -0.1) is 5.10 Å². The van der Waals surface area contributed by atoms with Gasteiger partial charge in [-0.05, 0) is 24.6 Å². The van der Waals surface area contributed by atoms with Crippen LogP contribution in [0.15, 0.2) is 28.2 Å². The molecule has 0 radical (unpaired) electrons. The van der Waals surface area contributed by atoms with Gasteiger partial charge < -0.3 is 5.32 Å². The number of benzene rings is 1. The first-order valence-corrected chi connectivity index (χ1v) is 8.78. The van der Waals surface area contributed by atoms with Crippen LogP contribution in [0, 0.1) is 0 Å². The Kier molecular flexibility index (Phi) is 6.56. The normalized spacial score (nSPS) is 10.7. The summed E-state index contributed by atoms with van der Waals surface area (Å²) in [6.45, 7) is 2.62. The van der Waals surface area contributed by atoms with Crippen molar-refractivity contribution < 1.29 is 4.79 Å².